The zero-order valence-electron chi connectivity index (χ0n) is 18.6. The number of hydrogen-bond donors (Lipinski definition) is 2. The average molecular weight is 437 g/mol. The molecule has 3 rings (SSSR count). The lowest BCUT2D eigenvalue weighted by molar-refractivity contribution is 0.146. The molecule has 0 amide bonds. The summed E-state index contributed by atoms with van der Waals surface area (Å²) >= 11 is 0. The number of rotatable bonds is 9. The Morgan fingerprint density at radius 3 is 2.39 bits per heavy atom. The average Bonchev–Trinajstić information content (AvgIpc) is 2.81. The quantitative estimate of drug-likeness (QED) is 0.252. The first-order chi connectivity index (χ1) is 16.0. The van der Waals surface area contributed by atoms with Crippen molar-refractivity contribution < 1.29 is 4.74 Å². The number of benzene rings is 2. The highest BCUT2D eigenvalue weighted by molar-refractivity contribution is 5.69. The summed E-state index contributed by atoms with van der Waals surface area (Å²) in [6, 6.07) is 17.0. The standard InChI is InChI=1S/C26H24N6O/c1-4-12-33-17-23-15-24(31-25-18(2)13-21(6-5-11-27)14-19(25)3)32-26(30-23)29-22-9-7-20(16-28)8-10-22/h4-10,13-15H,1,12,17H2,2-3H3,(H2,29,30,31,32)/b6-5+. The normalized spacial score (nSPS) is 10.4. The highest BCUT2D eigenvalue weighted by Gasteiger charge is 2.10. The van der Waals surface area contributed by atoms with Gasteiger partial charge in [-0.25, -0.2) is 4.98 Å². The summed E-state index contributed by atoms with van der Waals surface area (Å²) in [7, 11) is 0. The number of ether oxygens (including phenoxy) is 1. The number of aryl methyl sites for hydroxylation is 2. The molecule has 2 N–H and O–H groups in total. The van der Waals surface area contributed by atoms with Gasteiger partial charge in [-0.3, -0.25) is 0 Å². The van der Waals surface area contributed by atoms with Crippen LogP contribution < -0.4 is 10.6 Å². The number of nitrogens with zero attached hydrogens (tertiary/aromatic N) is 4. The number of nitriles is 2. The van der Waals surface area contributed by atoms with Gasteiger partial charge in [-0.05, 0) is 73.0 Å². The molecule has 0 saturated carbocycles. The third kappa shape index (κ3) is 6.51. The van der Waals surface area contributed by atoms with E-state index in [0.717, 1.165) is 28.1 Å². The van der Waals surface area contributed by atoms with Crippen LogP contribution in [0.5, 0.6) is 0 Å². The highest BCUT2D eigenvalue weighted by atomic mass is 16.5. The predicted octanol–water partition coefficient (Wildman–Crippen LogP) is 5.69. The van der Waals surface area contributed by atoms with Crippen molar-refractivity contribution in [1.29, 1.82) is 10.5 Å². The second-order valence-electron chi connectivity index (χ2n) is 7.30. The van der Waals surface area contributed by atoms with E-state index >= 15 is 0 Å². The molecule has 0 spiro atoms. The summed E-state index contributed by atoms with van der Waals surface area (Å²) in [6.07, 6.45) is 4.93. The molecule has 3 aromatic rings. The van der Waals surface area contributed by atoms with Crippen LogP contribution in [0.25, 0.3) is 6.08 Å². The predicted molar refractivity (Wildman–Crippen MR) is 130 cm³/mol. The van der Waals surface area contributed by atoms with Gasteiger partial charge in [0.2, 0.25) is 5.95 Å². The first-order valence-corrected chi connectivity index (χ1v) is 10.3. The van der Waals surface area contributed by atoms with Crippen molar-refractivity contribution in [2.45, 2.75) is 20.5 Å². The van der Waals surface area contributed by atoms with Crippen LogP contribution in [0, 0.1) is 36.5 Å². The molecule has 0 radical (unpaired) electrons. The second kappa shape index (κ2) is 11.2. The summed E-state index contributed by atoms with van der Waals surface area (Å²) in [5, 5.41) is 24.4. The van der Waals surface area contributed by atoms with Gasteiger partial charge >= 0.3 is 0 Å². The van der Waals surface area contributed by atoms with Crippen molar-refractivity contribution >= 4 is 29.2 Å². The maximum Gasteiger partial charge on any atom is 0.229 e. The third-order valence-electron chi connectivity index (χ3n) is 4.69. The Bertz CT molecular complexity index is 1230. The van der Waals surface area contributed by atoms with Crippen LogP contribution in [-0.2, 0) is 11.3 Å². The lowest BCUT2D eigenvalue weighted by Gasteiger charge is -2.15. The largest absolute Gasteiger partial charge is 0.371 e. The van der Waals surface area contributed by atoms with Crippen LogP contribution in [0.4, 0.5) is 23.1 Å². The molecule has 1 aromatic heterocycles. The van der Waals surface area contributed by atoms with Crippen molar-refractivity contribution in [1.82, 2.24) is 9.97 Å². The molecule has 0 bridgehead atoms. The van der Waals surface area contributed by atoms with Gasteiger partial charge in [-0.1, -0.05) is 6.08 Å². The number of allylic oxidation sites excluding steroid dienone is 1. The van der Waals surface area contributed by atoms with E-state index in [2.05, 4.69) is 33.2 Å². The number of aromatic nitrogens is 2. The van der Waals surface area contributed by atoms with E-state index in [1.165, 1.54) is 6.08 Å². The van der Waals surface area contributed by atoms with Gasteiger partial charge in [0.05, 0.1) is 36.6 Å². The summed E-state index contributed by atoms with van der Waals surface area (Å²) < 4.78 is 5.58. The van der Waals surface area contributed by atoms with E-state index in [4.69, 9.17) is 15.3 Å². The molecule has 0 saturated heterocycles. The molecule has 164 valence electrons. The van der Waals surface area contributed by atoms with E-state index < -0.39 is 0 Å². The molecular formula is C26H24N6O. The molecule has 7 nitrogen and oxygen atoms in total. The first-order valence-electron chi connectivity index (χ1n) is 10.3. The molecule has 1 heterocycles. The summed E-state index contributed by atoms with van der Waals surface area (Å²) in [4.78, 5) is 9.17. The molecule has 0 aliphatic rings. The van der Waals surface area contributed by atoms with Crippen molar-refractivity contribution in [2.24, 2.45) is 0 Å². The molecule has 0 unspecified atom stereocenters. The minimum atomic E-state index is 0.307. The Morgan fingerprint density at radius 2 is 1.76 bits per heavy atom. The zero-order valence-corrected chi connectivity index (χ0v) is 18.6. The first kappa shape index (κ1) is 23.2. The van der Waals surface area contributed by atoms with Crippen LogP contribution in [0.3, 0.4) is 0 Å². The van der Waals surface area contributed by atoms with Crippen LogP contribution in [0.15, 0.2) is 61.2 Å². The lowest BCUT2D eigenvalue weighted by Crippen LogP contribution is -2.06. The Hall–Kier alpha value is -4.46. The molecule has 7 heteroatoms. The van der Waals surface area contributed by atoms with Crippen LogP contribution in [0.1, 0.15) is 27.9 Å². The minimum absolute atomic E-state index is 0.307. The van der Waals surface area contributed by atoms with Gasteiger partial charge in [-0.2, -0.15) is 15.5 Å². The number of hydrogen-bond acceptors (Lipinski definition) is 7. The second-order valence-corrected chi connectivity index (χ2v) is 7.30. The molecular weight excluding hydrogens is 412 g/mol. The Balaban J connectivity index is 1.91. The van der Waals surface area contributed by atoms with Gasteiger partial charge in [-0.15, -0.1) is 6.58 Å². The van der Waals surface area contributed by atoms with E-state index in [1.807, 2.05) is 38.1 Å². The van der Waals surface area contributed by atoms with Gasteiger partial charge in [0.1, 0.15) is 5.82 Å². The molecule has 2 aromatic carbocycles. The van der Waals surface area contributed by atoms with Crippen LogP contribution >= 0.6 is 0 Å². The maximum absolute atomic E-state index is 9.00. The Kier molecular flexibility index (Phi) is 7.91. The SMILES string of the molecule is C=CCOCc1cc(Nc2c(C)cc(/C=C/C#N)cc2C)nc(Nc2ccc(C#N)cc2)n1. The van der Waals surface area contributed by atoms with Gasteiger partial charge in [0.15, 0.2) is 0 Å². The topological polar surface area (TPSA) is 107 Å². The molecule has 0 aliphatic heterocycles. The van der Waals surface area contributed by atoms with E-state index in [-0.39, 0.29) is 0 Å². The molecule has 0 aliphatic carbocycles. The Labute approximate surface area is 193 Å². The van der Waals surface area contributed by atoms with E-state index in [9.17, 15) is 0 Å². The fourth-order valence-corrected chi connectivity index (χ4v) is 3.25. The summed E-state index contributed by atoms with van der Waals surface area (Å²) in [6.45, 7) is 8.40. The van der Waals surface area contributed by atoms with Crippen molar-refractivity contribution in [3.05, 3.63) is 89.1 Å². The fourth-order valence-electron chi connectivity index (χ4n) is 3.25. The molecule has 0 fully saturated rings. The van der Waals surface area contributed by atoms with Crippen molar-refractivity contribution in [3.8, 4) is 12.1 Å². The zero-order chi connectivity index (χ0) is 23.6. The molecule has 0 atom stereocenters. The fraction of sp³-hybridized carbons (Fsp3) is 0.154. The summed E-state index contributed by atoms with van der Waals surface area (Å²) in [5.74, 6) is 1.02. The maximum atomic E-state index is 9.00. The van der Waals surface area contributed by atoms with E-state index in [1.54, 1.807) is 36.4 Å². The van der Waals surface area contributed by atoms with Gasteiger partial charge < -0.3 is 15.4 Å². The summed E-state index contributed by atoms with van der Waals surface area (Å²) in [5.41, 5.74) is 6.00. The van der Waals surface area contributed by atoms with Gasteiger partial charge in [0.25, 0.3) is 0 Å². The van der Waals surface area contributed by atoms with Crippen molar-refractivity contribution in [2.75, 3.05) is 17.2 Å². The van der Waals surface area contributed by atoms with E-state index in [0.29, 0.717) is 36.2 Å². The minimum Gasteiger partial charge on any atom is -0.371 e. The third-order valence-corrected chi connectivity index (χ3v) is 4.69. The monoisotopic (exact) mass is 436 g/mol. The van der Waals surface area contributed by atoms with Crippen LogP contribution in [0.2, 0.25) is 0 Å². The molecule has 33 heavy (non-hydrogen) atoms. The highest BCUT2D eigenvalue weighted by Crippen LogP contribution is 2.27. The number of nitrogens with one attached hydrogen (secondary N) is 2. The number of anilines is 4. The van der Waals surface area contributed by atoms with Gasteiger partial charge in [0, 0.05) is 23.5 Å². The Morgan fingerprint density at radius 1 is 1.03 bits per heavy atom. The van der Waals surface area contributed by atoms with Crippen molar-refractivity contribution in [3.63, 3.8) is 0 Å². The smallest absolute Gasteiger partial charge is 0.229 e. The van der Waals surface area contributed by atoms with Crippen LogP contribution in [-0.4, -0.2) is 16.6 Å². The lowest BCUT2D eigenvalue weighted by atomic mass is 10.0.